The maximum Gasteiger partial charge on any atom is 0.252 e. The minimum Gasteiger partial charge on any atom is -0.341 e. The number of halogens is 1. The Kier molecular flexibility index (Phi) is 9.52. The van der Waals surface area contributed by atoms with Crippen LogP contribution in [0.5, 0.6) is 0 Å². The third kappa shape index (κ3) is 5.84. The van der Waals surface area contributed by atoms with Crippen LogP contribution >= 0.6 is 12.4 Å². The maximum absolute atomic E-state index is 14.2. The van der Waals surface area contributed by atoms with Gasteiger partial charge < -0.3 is 20.4 Å². The summed E-state index contributed by atoms with van der Waals surface area (Å²) in [6.07, 6.45) is 0.342. The average molecular weight is 537 g/mol. The second-order valence-corrected chi connectivity index (χ2v) is 10.1. The number of nitrogens with zero attached hydrogens (tertiary/aromatic N) is 2. The summed E-state index contributed by atoms with van der Waals surface area (Å²) in [6.45, 7) is 7.80. The van der Waals surface area contributed by atoms with Gasteiger partial charge in [0.25, 0.3) is 5.91 Å². The molecule has 0 fully saturated rings. The molecule has 1 heterocycles. The zero-order valence-corrected chi connectivity index (χ0v) is 23.4. The van der Waals surface area contributed by atoms with Crippen molar-refractivity contribution >= 4 is 52.3 Å². The fourth-order valence-electron chi connectivity index (χ4n) is 4.93. The molecule has 0 radical (unpaired) electrons. The van der Waals surface area contributed by atoms with Gasteiger partial charge in [-0.1, -0.05) is 68.4 Å². The number of benzene rings is 3. The molecule has 3 atom stereocenters. The Balaban J connectivity index is 0.00000400. The zero-order valence-electron chi connectivity index (χ0n) is 22.6. The van der Waals surface area contributed by atoms with Crippen LogP contribution in [0.15, 0.2) is 66.7 Å². The number of para-hydroxylation sites is 2. The van der Waals surface area contributed by atoms with Crippen molar-refractivity contribution in [3.05, 3.63) is 72.3 Å². The Morgan fingerprint density at radius 2 is 1.55 bits per heavy atom. The van der Waals surface area contributed by atoms with Crippen LogP contribution in [0.4, 0.5) is 11.4 Å². The monoisotopic (exact) mass is 536 g/mol. The molecular weight excluding hydrogens is 500 g/mol. The number of likely N-dealkylation sites (N-methyl/N-ethyl adjacent to an activating group) is 1. The summed E-state index contributed by atoms with van der Waals surface area (Å²) in [7, 11) is 1.70. The van der Waals surface area contributed by atoms with Gasteiger partial charge in [0.1, 0.15) is 6.04 Å². The summed E-state index contributed by atoms with van der Waals surface area (Å²) in [5.74, 6) is -0.456. The van der Waals surface area contributed by atoms with Crippen LogP contribution in [-0.2, 0) is 14.4 Å². The van der Waals surface area contributed by atoms with Crippen molar-refractivity contribution in [1.82, 2.24) is 10.6 Å². The molecule has 4 rings (SSSR count). The van der Waals surface area contributed by atoms with E-state index >= 15 is 0 Å². The third-order valence-electron chi connectivity index (χ3n) is 7.02. The van der Waals surface area contributed by atoms with E-state index in [0.717, 1.165) is 16.3 Å². The van der Waals surface area contributed by atoms with E-state index in [1.807, 2.05) is 69.3 Å². The van der Waals surface area contributed by atoms with Crippen molar-refractivity contribution in [2.45, 2.75) is 52.2 Å². The number of carbonyl (C=O) groups is 3. The minimum atomic E-state index is -0.899. The van der Waals surface area contributed by atoms with Gasteiger partial charge in [-0.2, -0.15) is 0 Å². The predicted octanol–water partition coefficient (Wildman–Crippen LogP) is 4.84. The summed E-state index contributed by atoms with van der Waals surface area (Å²) in [5, 5.41) is 7.99. The Labute approximate surface area is 231 Å². The van der Waals surface area contributed by atoms with Crippen molar-refractivity contribution in [3.8, 4) is 0 Å². The molecule has 3 aromatic rings. The highest BCUT2D eigenvalue weighted by molar-refractivity contribution is 6.09. The number of rotatable bonds is 7. The first-order valence-electron chi connectivity index (χ1n) is 12.9. The van der Waals surface area contributed by atoms with Gasteiger partial charge in [0.05, 0.1) is 30.0 Å². The number of nitrogens with one attached hydrogen (secondary N) is 2. The van der Waals surface area contributed by atoms with Gasteiger partial charge in [0.2, 0.25) is 11.8 Å². The molecule has 2 N–H and O–H groups in total. The standard InChI is InChI=1S/C30H36N4O3.ClH/c1-19(2)17-28(35)33-18-25(32-29(36)20(3)31-5)30(37)34(27-16-9-8-15-26(27)33)21(4)23-14-10-12-22-11-6-7-13-24(22)23;/h6-16,19-21,25,31H,17-18H2,1-5H3,(H,32,36);1H/t20-,21?,25-;/m0./s1. The number of fused-ring (bicyclic) bond motifs is 2. The number of hydrogen-bond acceptors (Lipinski definition) is 4. The summed E-state index contributed by atoms with van der Waals surface area (Å²) < 4.78 is 0. The predicted molar refractivity (Wildman–Crippen MR) is 156 cm³/mol. The summed E-state index contributed by atoms with van der Waals surface area (Å²) in [4.78, 5) is 44.0. The molecule has 1 aliphatic rings. The lowest BCUT2D eigenvalue weighted by Gasteiger charge is -2.32. The molecule has 7 nitrogen and oxygen atoms in total. The Morgan fingerprint density at radius 3 is 2.24 bits per heavy atom. The van der Waals surface area contributed by atoms with Gasteiger partial charge >= 0.3 is 0 Å². The van der Waals surface area contributed by atoms with Gasteiger partial charge in [-0.25, -0.2) is 0 Å². The summed E-state index contributed by atoms with van der Waals surface area (Å²) >= 11 is 0. The van der Waals surface area contributed by atoms with E-state index in [9.17, 15) is 14.4 Å². The molecule has 0 saturated heterocycles. The van der Waals surface area contributed by atoms with Gasteiger partial charge in [-0.3, -0.25) is 14.4 Å². The van der Waals surface area contributed by atoms with Crippen molar-refractivity contribution < 1.29 is 14.4 Å². The summed E-state index contributed by atoms with van der Waals surface area (Å²) in [6, 6.07) is 20.0. The van der Waals surface area contributed by atoms with E-state index in [1.165, 1.54) is 0 Å². The van der Waals surface area contributed by atoms with Gasteiger partial charge in [-0.15, -0.1) is 12.4 Å². The number of hydrogen-bond donors (Lipinski definition) is 2. The van der Waals surface area contributed by atoms with Gasteiger partial charge in [0, 0.05) is 6.42 Å². The van der Waals surface area contributed by atoms with Crippen molar-refractivity contribution in [2.75, 3.05) is 23.4 Å². The van der Waals surface area contributed by atoms with E-state index in [-0.39, 0.29) is 48.6 Å². The SMILES string of the molecule is CN[C@@H](C)C(=O)N[C@H]1CN(C(=O)CC(C)C)c2ccccc2N(C(C)c2cccc3ccccc23)C1=O.Cl. The second kappa shape index (κ2) is 12.4. The molecule has 0 aliphatic carbocycles. The first-order valence-corrected chi connectivity index (χ1v) is 12.9. The normalized spacial score (nSPS) is 16.9. The smallest absolute Gasteiger partial charge is 0.252 e. The Hall–Kier alpha value is -3.42. The molecule has 202 valence electrons. The van der Waals surface area contributed by atoms with Crippen LogP contribution in [0.25, 0.3) is 10.8 Å². The van der Waals surface area contributed by atoms with E-state index in [4.69, 9.17) is 0 Å². The largest absolute Gasteiger partial charge is 0.341 e. The molecule has 0 saturated carbocycles. The van der Waals surface area contributed by atoms with Crippen LogP contribution < -0.4 is 20.4 Å². The molecule has 0 bridgehead atoms. The number of amides is 3. The van der Waals surface area contributed by atoms with Crippen molar-refractivity contribution in [3.63, 3.8) is 0 Å². The van der Waals surface area contributed by atoms with Gasteiger partial charge in [0.15, 0.2) is 0 Å². The van der Waals surface area contributed by atoms with E-state index in [0.29, 0.717) is 17.8 Å². The highest BCUT2D eigenvalue weighted by Crippen LogP contribution is 2.39. The lowest BCUT2D eigenvalue weighted by molar-refractivity contribution is -0.128. The number of carbonyl (C=O) groups excluding carboxylic acids is 3. The first kappa shape index (κ1) is 29.1. The highest BCUT2D eigenvalue weighted by Gasteiger charge is 2.39. The first-order chi connectivity index (χ1) is 17.7. The van der Waals surface area contributed by atoms with Crippen LogP contribution in [0.2, 0.25) is 0 Å². The van der Waals surface area contributed by atoms with Gasteiger partial charge in [-0.05, 0) is 55.3 Å². The van der Waals surface area contributed by atoms with E-state index in [1.54, 1.807) is 23.8 Å². The van der Waals surface area contributed by atoms with Crippen molar-refractivity contribution in [1.29, 1.82) is 0 Å². The molecule has 1 unspecified atom stereocenters. The second-order valence-electron chi connectivity index (χ2n) is 10.1. The van der Waals surface area contributed by atoms with Crippen LogP contribution in [0.3, 0.4) is 0 Å². The third-order valence-corrected chi connectivity index (χ3v) is 7.02. The highest BCUT2D eigenvalue weighted by atomic mass is 35.5. The molecule has 8 heteroatoms. The fourth-order valence-corrected chi connectivity index (χ4v) is 4.93. The quantitative estimate of drug-likeness (QED) is 0.452. The zero-order chi connectivity index (χ0) is 26.7. The van der Waals surface area contributed by atoms with E-state index in [2.05, 4.69) is 28.8 Å². The summed E-state index contributed by atoms with van der Waals surface area (Å²) in [5.41, 5.74) is 2.33. The Morgan fingerprint density at radius 1 is 0.921 bits per heavy atom. The molecular formula is C30H37ClN4O3. The molecule has 3 aromatic carbocycles. The van der Waals surface area contributed by atoms with Crippen LogP contribution in [0.1, 0.15) is 45.7 Å². The average Bonchev–Trinajstić information content (AvgIpc) is 3.01. The molecule has 0 spiro atoms. The minimum absolute atomic E-state index is 0. The fraction of sp³-hybridized carbons (Fsp3) is 0.367. The number of anilines is 2. The molecule has 0 aromatic heterocycles. The lowest BCUT2D eigenvalue weighted by Crippen LogP contribution is -2.56. The molecule has 3 amide bonds. The van der Waals surface area contributed by atoms with Crippen LogP contribution in [0, 0.1) is 5.92 Å². The Bertz CT molecular complexity index is 1310. The topological polar surface area (TPSA) is 81.8 Å². The maximum atomic E-state index is 14.2. The van der Waals surface area contributed by atoms with Crippen LogP contribution in [-0.4, -0.2) is 43.4 Å². The molecule has 1 aliphatic heterocycles. The van der Waals surface area contributed by atoms with Crippen molar-refractivity contribution in [2.24, 2.45) is 5.92 Å². The van der Waals surface area contributed by atoms with E-state index < -0.39 is 12.1 Å². The molecule has 38 heavy (non-hydrogen) atoms. The lowest BCUT2D eigenvalue weighted by atomic mass is 9.97.